The topological polar surface area (TPSA) is 19.7 Å². The van der Waals surface area contributed by atoms with Gasteiger partial charge in [0.15, 0.2) is 0 Å². The molecule has 2 rings (SSSR count). The summed E-state index contributed by atoms with van der Waals surface area (Å²) in [6, 6.07) is 7.47. The van der Waals surface area contributed by atoms with Crippen LogP contribution in [0, 0.1) is 0 Å². The first-order chi connectivity index (χ1) is 11.0. The monoisotopic (exact) mass is 392 g/mol. The predicted molar refractivity (Wildman–Crippen MR) is 97.9 cm³/mol. The summed E-state index contributed by atoms with van der Waals surface area (Å²) in [4.78, 5) is 3.19. The molecule has 2 aromatic rings. The zero-order valence-electron chi connectivity index (χ0n) is 15.8. The van der Waals surface area contributed by atoms with E-state index in [1.165, 1.54) is 36.8 Å². The number of benzene rings is 1. The van der Waals surface area contributed by atoms with Crippen LogP contribution in [0.5, 0.6) is 0 Å². The Labute approximate surface area is 158 Å². The number of H-pyrrole nitrogens is 1. The first-order valence-electron chi connectivity index (χ1n) is 9.19. The van der Waals surface area contributed by atoms with E-state index in [0.717, 1.165) is 0 Å². The lowest BCUT2D eigenvalue weighted by atomic mass is 9.85. The third-order valence-electron chi connectivity index (χ3n) is 4.83. The fourth-order valence-corrected chi connectivity index (χ4v) is 3.61. The van der Waals surface area contributed by atoms with Gasteiger partial charge in [0.1, 0.15) is 18.4 Å². The molecule has 0 amide bonds. The first-order valence-corrected chi connectivity index (χ1v) is 9.19. The highest BCUT2D eigenvalue weighted by Gasteiger charge is 2.18. The molecule has 0 aliphatic heterocycles. The maximum atomic E-state index is 3.19. The summed E-state index contributed by atoms with van der Waals surface area (Å²) in [7, 11) is 0. The summed E-state index contributed by atoms with van der Waals surface area (Å²) in [5.74, 6) is 1.18. The van der Waals surface area contributed by atoms with Crippen LogP contribution in [0.3, 0.4) is 0 Å². The molecule has 0 aliphatic rings. The SMILES string of the molecule is CCCC(CCc1c(C(C)C)cccc1C(C)C)[n+]1cc[nH]c1.[Br-]. The van der Waals surface area contributed by atoms with Crippen LogP contribution in [0.4, 0.5) is 0 Å². The van der Waals surface area contributed by atoms with Crippen molar-refractivity contribution >= 4 is 0 Å². The van der Waals surface area contributed by atoms with Gasteiger partial charge in [-0.2, -0.15) is 0 Å². The minimum atomic E-state index is 0. The molecule has 0 bridgehead atoms. The van der Waals surface area contributed by atoms with E-state index < -0.39 is 0 Å². The van der Waals surface area contributed by atoms with Crippen molar-refractivity contribution in [1.82, 2.24) is 4.98 Å². The van der Waals surface area contributed by atoms with Gasteiger partial charge in [0.25, 0.3) is 0 Å². The standard InChI is InChI=1S/C21H32N2.BrH/c1-6-8-18(23-14-13-22-15-23)11-12-21-19(16(2)3)9-7-10-20(21)17(4)5;/h7,9-10,13-18H,6,8,11-12H2,1-5H3;1H. The van der Waals surface area contributed by atoms with E-state index in [4.69, 9.17) is 0 Å². The number of halogens is 1. The molecule has 2 nitrogen and oxygen atoms in total. The fraction of sp³-hybridized carbons (Fsp3) is 0.571. The van der Waals surface area contributed by atoms with Crippen LogP contribution in [-0.4, -0.2) is 4.98 Å². The molecular formula is C21H33BrN2. The Hall–Kier alpha value is -1.09. The average molecular weight is 393 g/mol. The summed E-state index contributed by atoms with van der Waals surface area (Å²) in [5.41, 5.74) is 4.66. The molecule has 134 valence electrons. The molecule has 0 radical (unpaired) electrons. The van der Waals surface area contributed by atoms with Gasteiger partial charge in [-0.3, -0.25) is 4.98 Å². The van der Waals surface area contributed by atoms with E-state index in [2.05, 4.69) is 74.9 Å². The molecule has 24 heavy (non-hydrogen) atoms. The molecule has 0 spiro atoms. The Balaban J connectivity index is 0.00000288. The zero-order valence-corrected chi connectivity index (χ0v) is 17.4. The highest BCUT2D eigenvalue weighted by molar-refractivity contribution is 5.39. The third-order valence-corrected chi connectivity index (χ3v) is 4.83. The van der Waals surface area contributed by atoms with E-state index in [1.807, 2.05) is 6.20 Å². The molecular weight excluding hydrogens is 360 g/mol. The second kappa shape index (κ2) is 10.0. The number of nitrogens with zero attached hydrogens (tertiary/aromatic N) is 1. The van der Waals surface area contributed by atoms with Gasteiger partial charge in [0, 0.05) is 0 Å². The van der Waals surface area contributed by atoms with Gasteiger partial charge in [0.05, 0.1) is 0 Å². The second-order valence-electron chi connectivity index (χ2n) is 7.26. The van der Waals surface area contributed by atoms with E-state index in [1.54, 1.807) is 5.56 Å². The number of aromatic nitrogens is 2. The van der Waals surface area contributed by atoms with Crippen molar-refractivity contribution in [3.05, 3.63) is 53.6 Å². The van der Waals surface area contributed by atoms with Crippen molar-refractivity contribution in [2.24, 2.45) is 0 Å². The maximum absolute atomic E-state index is 3.19. The van der Waals surface area contributed by atoms with Gasteiger partial charge in [-0.25, -0.2) is 4.57 Å². The van der Waals surface area contributed by atoms with Gasteiger partial charge in [-0.05, 0) is 47.8 Å². The van der Waals surface area contributed by atoms with E-state index in [-0.39, 0.29) is 17.0 Å². The smallest absolute Gasteiger partial charge is 0.241 e. The van der Waals surface area contributed by atoms with Crippen molar-refractivity contribution in [3.63, 3.8) is 0 Å². The molecule has 1 unspecified atom stereocenters. The van der Waals surface area contributed by atoms with Crippen molar-refractivity contribution in [2.45, 2.75) is 78.2 Å². The lowest BCUT2D eigenvalue weighted by Gasteiger charge is -2.21. The molecule has 0 saturated heterocycles. The van der Waals surface area contributed by atoms with Gasteiger partial charge in [-0.15, -0.1) is 0 Å². The highest BCUT2D eigenvalue weighted by Crippen LogP contribution is 2.30. The Morgan fingerprint density at radius 1 is 1.00 bits per heavy atom. The van der Waals surface area contributed by atoms with Gasteiger partial charge < -0.3 is 17.0 Å². The zero-order chi connectivity index (χ0) is 16.8. The maximum Gasteiger partial charge on any atom is 0.241 e. The summed E-state index contributed by atoms with van der Waals surface area (Å²) in [6.07, 6.45) is 11.1. The van der Waals surface area contributed by atoms with Crippen LogP contribution >= 0.6 is 0 Å². The number of hydrogen-bond acceptors (Lipinski definition) is 0. The quantitative estimate of drug-likeness (QED) is 0.665. The van der Waals surface area contributed by atoms with Crippen LogP contribution in [0.25, 0.3) is 0 Å². The Morgan fingerprint density at radius 2 is 1.62 bits per heavy atom. The number of hydrogen-bond donors (Lipinski definition) is 1. The Kier molecular flexibility index (Phi) is 8.75. The fourth-order valence-electron chi connectivity index (χ4n) is 3.61. The summed E-state index contributed by atoms with van der Waals surface area (Å²) in [5, 5.41) is 0. The predicted octanol–water partition coefficient (Wildman–Crippen LogP) is 2.53. The van der Waals surface area contributed by atoms with E-state index in [0.29, 0.717) is 17.9 Å². The van der Waals surface area contributed by atoms with Crippen molar-refractivity contribution in [3.8, 4) is 0 Å². The summed E-state index contributed by atoms with van der Waals surface area (Å²) < 4.78 is 2.34. The first kappa shape index (κ1) is 21.0. The summed E-state index contributed by atoms with van der Waals surface area (Å²) >= 11 is 0. The van der Waals surface area contributed by atoms with Crippen LogP contribution in [0.2, 0.25) is 0 Å². The molecule has 3 heteroatoms. The molecule has 1 aromatic heterocycles. The normalized spacial score (nSPS) is 12.5. The van der Waals surface area contributed by atoms with Gasteiger partial charge in [-0.1, -0.05) is 59.2 Å². The second-order valence-corrected chi connectivity index (χ2v) is 7.26. The molecule has 0 saturated carbocycles. The van der Waals surface area contributed by atoms with Crippen molar-refractivity contribution in [1.29, 1.82) is 0 Å². The number of imidazole rings is 1. The van der Waals surface area contributed by atoms with Crippen molar-refractivity contribution in [2.75, 3.05) is 0 Å². The van der Waals surface area contributed by atoms with Crippen LogP contribution < -0.4 is 21.5 Å². The molecule has 1 atom stereocenters. The van der Waals surface area contributed by atoms with Crippen LogP contribution in [-0.2, 0) is 6.42 Å². The Bertz CT molecular complexity index is 562. The summed E-state index contributed by atoms with van der Waals surface area (Å²) in [6.45, 7) is 11.5. The number of aromatic amines is 1. The lowest BCUT2D eigenvalue weighted by molar-refractivity contribution is -0.723. The van der Waals surface area contributed by atoms with E-state index in [9.17, 15) is 0 Å². The largest absolute Gasteiger partial charge is 1.00 e. The average Bonchev–Trinajstić information content (AvgIpc) is 3.05. The minimum Gasteiger partial charge on any atom is -1.00 e. The molecule has 0 aliphatic carbocycles. The van der Waals surface area contributed by atoms with Crippen LogP contribution in [0.1, 0.15) is 88.4 Å². The number of rotatable bonds is 8. The lowest BCUT2D eigenvalue weighted by Crippen LogP contribution is -3.00. The van der Waals surface area contributed by atoms with Gasteiger partial charge >= 0.3 is 0 Å². The van der Waals surface area contributed by atoms with Gasteiger partial charge in [0.2, 0.25) is 6.33 Å². The van der Waals surface area contributed by atoms with Crippen LogP contribution in [0.15, 0.2) is 36.9 Å². The molecule has 0 fully saturated rings. The Morgan fingerprint density at radius 3 is 2.08 bits per heavy atom. The van der Waals surface area contributed by atoms with E-state index >= 15 is 0 Å². The molecule has 1 aromatic carbocycles. The van der Waals surface area contributed by atoms with Crippen molar-refractivity contribution < 1.29 is 21.5 Å². The number of nitrogens with one attached hydrogen (secondary N) is 1. The molecule has 1 N–H and O–H groups in total. The minimum absolute atomic E-state index is 0. The highest BCUT2D eigenvalue weighted by atomic mass is 79.9. The third kappa shape index (κ3) is 5.20. The molecule has 1 heterocycles.